The van der Waals surface area contributed by atoms with Crippen molar-refractivity contribution in [2.45, 2.75) is 0 Å². The molecule has 0 aliphatic carbocycles. The topological polar surface area (TPSA) is 17.8 Å². The molecule has 0 aliphatic heterocycles. The van der Waals surface area contributed by atoms with E-state index in [0.29, 0.717) is 10.7 Å². The van der Waals surface area contributed by atoms with Gasteiger partial charge in [-0.1, -0.05) is 11.6 Å². The molecule has 0 bridgehead atoms. The van der Waals surface area contributed by atoms with Gasteiger partial charge in [-0.2, -0.15) is 5.10 Å². The van der Waals surface area contributed by atoms with E-state index in [1.807, 2.05) is 0 Å². The second-order valence-corrected chi connectivity index (χ2v) is 4.05. The second kappa shape index (κ2) is 3.71. The number of hydrogen-bond donors (Lipinski definition) is 0. The molecule has 5 heteroatoms. The van der Waals surface area contributed by atoms with Gasteiger partial charge in [-0.3, -0.25) is 0 Å². The molecule has 0 N–H and O–H groups in total. The van der Waals surface area contributed by atoms with Gasteiger partial charge in [0.25, 0.3) is 0 Å². The first kappa shape index (κ1) is 9.68. The average molecular weight is 276 g/mol. The van der Waals surface area contributed by atoms with Crippen LogP contribution in [0.25, 0.3) is 5.69 Å². The van der Waals surface area contributed by atoms with Crippen LogP contribution < -0.4 is 0 Å². The normalized spacial score (nSPS) is 10.5. The number of benzene rings is 1. The van der Waals surface area contributed by atoms with Crippen LogP contribution in [0.2, 0.25) is 5.02 Å². The second-order valence-electron chi connectivity index (χ2n) is 2.70. The summed E-state index contributed by atoms with van der Waals surface area (Å²) in [5.74, 6) is -0.395. The summed E-state index contributed by atoms with van der Waals surface area (Å²) in [6.45, 7) is 0. The van der Waals surface area contributed by atoms with Gasteiger partial charge < -0.3 is 0 Å². The summed E-state index contributed by atoms with van der Waals surface area (Å²) in [4.78, 5) is 0. The molecule has 0 aliphatic rings. The van der Waals surface area contributed by atoms with Gasteiger partial charge in [0.1, 0.15) is 11.5 Å². The zero-order valence-corrected chi connectivity index (χ0v) is 9.26. The van der Waals surface area contributed by atoms with Crippen molar-refractivity contribution in [3.05, 3.63) is 45.9 Å². The summed E-state index contributed by atoms with van der Waals surface area (Å²) in [5, 5.41) is 4.34. The molecule has 0 unspecified atom stereocenters. The quantitative estimate of drug-likeness (QED) is 0.780. The van der Waals surface area contributed by atoms with E-state index in [2.05, 4.69) is 21.0 Å². The number of nitrogens with zero attached hydrogens (tertiary/aromatic N) is 2. The van der Waals surface area contributed by atoms with Crippen LogP contribution in [0.4, 0.5) is 4.39 Å². The maximum atomic E-state index is 13.4. The number of halogens is 3. The van der Waals surface area contributed by atoms with Crippen molar-refractivity contribution >= 4 is 27.5 Å². The lowest BCUT2D eigenvalue weighted by Gasteiger charge is -2.02. The lowest BCUT2D eigenvalue weighted by Crippen LogP contribution is -1.97. The lowest BCUT2D eigenvalue weighted by molar-refractivity contribution is 0.611. The fourth-order valence-electron chi connectivity index (χ4n) is 1.10. The van der Waals surface area contributed by atoms with E-state index in [4.69, 9.17) is 11.6 Å². The van der Waals surface area contributed by atoms with Gasteiger partial charge in [-0.05, 0) is 34.1 Å². The van der Waals surface area contributed by atoms with Gasteiger partial charge in [-0.15, -0.1) is 0 Å². The van der Waals surface area contributed by atoms with Crippen LogP contribution in [0, 0.1) is 5.82 Å². The highest BCUT2D eigenvalue weighted by molar-refractivity contribution is 9.10. The van der Waals surface area contributed by atoms with Crippen LogP contribution in [0.1, 0.15) is 0 Å². The SMILES string of the molecule is Fc1cc(Cl)ccc1-n1cc(Br)cn1. The van der Waals surface area contributed by atoms with Crippen LogP contribution in [-0.2, 0) is 0 Å². The standard InChI is InChI=1S/C9H5BrClFN2/c10-6-4-13-14(5-6)9-2-1-7(11)3-8(9)12/h1-5H. The van der Waals surface area contributed by atoms with Gasteiger partial charge in [0, 0.05) is 11.2 Å². The predicted octanol–water partition coefficient (Wildman–Crippen LogP) is 3.43. The monoisotopic (exact) mass is 274 g/mol. The molecule has 1 aromatic heterocycles. The fourth-order valence-corrected chi connectivity index (χ4v) is 1.54. The van der Waals surface area contributed by atoms with Gasteiger partial charge >= 0.3 is 0 Å². The molecule has 14 heavy (non-hydrogen) atoms. The molecular formula is C9H5BrClFN2. The van der Waals surface area contributed by atoms with Crippen LogP contribution >= 0.6 is 27.5 Å². The van der Waals surface area contributed by atoms with E-state index in [1.54, 1.807) is 24.5 Å². The highest BCUT2D eigenvalue weighted by Crippen LogP contribution is 2.19. The first-order valence-electron chi connectivity index (χ1n) is 3.82. The Morgan fingerprint density at radius 3 is 2.79 bits per heavy atom. The Hall–Kier alpha value is -0.870. The van der Waals surface area contributed by atoms with Crippen LogP contribution in [-0.4, -0.2) is 9.78 Å². The predicted molar refractivity (Wildman–Crippen MR) is 56.2 cm³/mol. The fraction of sp³-hybridized carbons (Fsp3) is 0. The summed E-state index contributed by atoms with van der Waals surface area (Å²) in [7, 11) is 0. The van der Waals surface area contributed by atoms with Crippen LogP contribution in [0.3, 0.4) is 0 Å². The Labute approximate surface area is 93.4 Å². The molecule has 0 saturated carbocycles. The van der Waals surface area contributed by atoms with Gasteiger partial charge in [0.2, 0.25) is 0 Å². The van der Waals surface area contributed by atoms with E-state index < -0.39 is 5.82 Å². The molecule has 2 nitrogen and oxygen atoms in total. The Kier molecular flexibility index (Phi) is 2.56. The van der Waals surface area contributed by atoms with Crippen molar-refractivity contribution in [3.8, 4) is 5.69 Å². The molecule has 0 amide bonds. The van der Waals surface area contributed by atoms with Crippen LogP contribution in [0.15, 0.2) is 35.1 Å². The number of aromatic nitrogens is 2. The zero-order valence-electron chi connectivity index (χ0n) is 6.92. The highest BCUT2D eigenvalue weighted by Gasteiger charge is 2.05. The molecule has 0 saturated heterocycles. The van der Waals surface area contributed by atoms with E-state index in [1.165, 1.54) is 10.7 Å². The maximum absolute atomic E-state index is 13.4. The number of rotatable bonds is 1. The third kappa shape index (κ3) is 1.81. The van der Waals surface area contributed by atoms with Gasteiger partial charge in [0.15, 0.2) is 0 Å². The first-order chi connectivity index (χ1) is 6.66. The minimum Gasteiger partial charge on any atom is -0.237 e. The largest absolute Gasteiger partial charge is 0.237 e. The lowest BCUT2D eigenvalue weighted by atomic mass is 10.3. The third-order valence-electron chi connectivity index (χ3n) is 1.71. The molecule has 0 atom stereocenters. The molecular weight excluding hydrogens is 270 g/mol. The third-order valence-corrected chi connectivity index (χ3v) is 2.35. The smallest absolute Gasteiger partial charge is 0.150 e. The molecule has 1 aromatic carbocycles. The zero-order chi connectivity index (χ0) is 10.1. The summed E-state index contributed by atoms with van der Waals surface area (Å²) in [5.41, 5.74) is 0.375. The number of hydrogen-bond acceptors (Lipinski definition) is 1. The van der Waals surface area contributed by atoms with Crippen molar-refractivity contribution in [2.75, 3.05) is 0 Å². The Morgan fingerprint density at radius 1 is 1.43 bits per heavy atom. The van der Waals surface area contributed by atoms with E-state index >= 15 is 0 Å². The van der Waals surface area contributed by atoms with Crippen molar-refractivity contribution in [1.82, 2.24) is 9.78 Å². The maximum Gasteiger partial charge on any atom is 0.150 e. The van der Waals surface area contributed by atoms with Crippen molar-refractivity contribution in [3.63, 3.8) is 0 Å². The molecule has 2 rings (SSSR count). The summed E-state index contributed by atoms with van der Waals surface area (Å²) < 4.78 is 15.6. The Morgan fingerprint density at radius 2 is 2.21 bits per heavy atom. The van der Waals surface area contributed by atoms with Crippen molar-refractivity contribution in [2.24, 2.45) is 0 Å². The molecule has 0 radical (unpaired) electrons. The van der Waals surface area contributed by atoms with E-state index in [0.717, 1.165) is 4.47 Å². The highest BCUT2D eigenvalue weighted by atomic mass is 79.9. The average Bonchev–Trinajstić information content (AvgIpc) is 2.51. The molecule has 2 aromatic rings. The summed E-state index contributed by atoms with van der Waals surface area (Å²) in [6, 6.07) is 4.46. The summed E-state index contributed by atoms with van der Waals surface area (Å²) >= 11 is 8.87. The minimum atomic E-state index is -0.395. The van der Waals surface area contributed by atoms with Gasteiger partial charge in [-0.25, -0.2) is 9.07 Å². The molecule has 72 valence electrons. The first-order valence-corrected chi connectivity index (χ1v) is 4.99. The van der Waals surface area contributed by atoms with E-state index in [9.17, 15) is 4.39 Å². The van der Waals surface area contributed by atoms with E-state index in [-0.39, 0.29) is 0 Å². The van der Waals surface area contributed by atoms with Crippen molar-refractivity contribution in [1.29, 1.82) is 0 Å². The van der Waals surface area contributed by atoms with Gasteiger partial charge in [0.05, 0.1) is 10.7 Å². The molecule has 0 spiro atoms. The minimum absolute atomic E-state index is 0.373. The van der Waals surface area contributed by atoms with Crippen LogP contribution in [0.5, 0.6) is 0 Å². The van der Waals surface area contributed by atoms with Crippen molar-refractivity contribution < 1.29 is 4.39 Å². The Balaban J connectivity index is 2.52. The molecule has 0 fully saturated rings. The Bertz CT molecular complexity index is 470. The molecule has 1 heterocycles. The summed E-state index contributed by atoms with van der Waals surface area (Å²) in [6.07, 6.45) is 3.26.